The van der Waals surface area contributed by atoms with Gasteiger partial charge in [0.05, 0.1) is 5.69 Å². The van der Waals surface area contributed by atoms with E-state index in [1.165, 1.54) is 11.3 Å². The van der Waals surface area contributed by atoms with Crippen molar-refractivity contribution in [3.05, 3.63) is 39.5 Å². The molecular weight excluding hydrogens is 264 g/mol. The average Bonchev–Trinajstić information content (AvgIpc) is 2.94. The van der Waals surface area contributed by atoms with E-state index in [0.29, 0.717) is 11.4 Å². The molecule has 0 aliphatic rings. The third-order valence-electron chi connectivity index (χ3n) is 2.32. The summed E-state index contributed by atoms with van der Waals surface area (Å²) in [4.78, 5) is 17.1. The Labute approximate surface area is 114 Å². The number of thiazole rings is 1. The number of carbonyl (C=O) groups is 1. The fourth-order valence-electron chi connectivity index (χ4n) is 1.43. The molecule has 0 spiro atoms. The summed E-state index contributed by atoms with van der Waals surface area (Å²) in [6.07, 6.45) is 0. The van der Waals surface area contributed by atoms with Crippen LogP contribution in [0.4, 0.5) is 0 Å². The highest BCUT2D eigenvalue weighted by molar-refractivity contribution is 7.17. The van der Waals surface area contributed by atoms with Gasteiger partial charge in [0.25, 0.3) is 5.91 Å². The summed E-state index contributed by atoms with van der Waals surface area (Å²) in [6.45, 7) is 8.02. The highest BCUT2D eigenvalue weighted by atomic mass is 32.1. The number of nitrogens with zero attached hydrogens (tertiary/aromatic N) is 1. The molecular formula is C13H14N2OS2. The van der Waals surface area contributed by atoms with Crippen LogP contribution in [0.1, 0.15) is 22.3 Å². The van der Waals surface area contributed by atoms with E-state index < -0.39 is 0 Å². The van der Waals surface area contributed by atoms with Gasteiger partial charge in [0, 0.05) is 17.5 Å². The highest BCUT2D eigenvalue weighted by Gasteiger charge is 2.15. The van der Waals surface area contributed by atoms with Crippen molar-refractivity contribution < 1.29 is 4.79 Å². The maximum Gasteiger partial charge on any atom is 0.263 e. The number of thiophene rings is 1. The monoisotopic (exact) mass is 278 g/mol. The first-order chi connectivity index (χ1) is 8.58. The normalized spacial score (nSPS) is 10.3. The molecule has 18 heavy (non-hydrogen) atoms. The lowest BCUT2D eigenvalue weighted by Gasteiger charge is -2.02. The van der Waals surface area contributed by atoms with Crippen LogP contribution in [-0.4, -0.2) is 17.4 Å². The van der Waals surface area contributed by atoms with Crippen molar-refractivity contribution in [3.8, 4) is 10.6 Å². The molecule has 3 nitrogen and oxygen atoms in total. The fourth-order valence-corrected chi connectivity index (χ4v) is 3.12. The Morgan fingerprint density at radius 3 is 2.94 bits per heavy atom. The first-order valence-electron chi connectivity index (χ1n) is 5.50. The van der Waals surface area contributed by atoms with Crippen LogP contribution in [0, 0.1) is 6.92 Å². The standard InChI is InChI=1S/C13H14N2OS2/c1-8(2)6-14-12(16)11-9(3)15-13(18-11)10-4-5-17-7-10/h4-5,7H,1,6H2,2-3H3,(H,14,16). The van der Waals surface area contributed by atoms with Crippen LogP contribution in [0.5, 0.6) is 0 Å². The van der Waals surface area contributed by atoms with Crippen LogP contribution in [0.2, 0.25) is 0 Å². The first kappa shape index (κ1) is 13.0. The predicted octanol–water partition coefficient (Wildman–Crippen LogP) is 3.49. The van der Waals surface area contributed by atoms with Gasteiger partial charge in [-0.1, -0.05) is 12.2 Å². The van der Waals surface area contributed by atoms with E-state index >= 15 is 0 Å². The Kier molecular flexibility index (Phi) is 3.93. The smallest absolute Gasteiger partial charge is 0.263 e. The quantitative estimate of drug-likeness (QED) is 0.870. The van der Waals surface area contributed by atoms with Crippen LogP contribution >= 0.6 is 22.7 Å². The summed E-state index contributed by atoms with van der Waals surface area (Å²) in [6, 6.07) is 2.01. The minimum Gasteiger partial charge on any atom is -0.348 e. The zero-order chi connectivity index (χ0) is 13.1. The van der Waals surface area contributed by atoms with E-state index in [-0.39, 0.29) is 5.91 Å². The van der Waals surface area contributed by atoms with Gasteiger partial charge in [-0.25, -0.2) is 4.98 Å². The molecule has 2 aromatic heterocycles. The van der Waals surface area contributed by atoms with Crippen molar-refractivity contribution >= 4 is 28.6 Å². The number of aryl methyl sites for hydroxylation is 1. The molecule has 1 N–H and O–H groups in total. The van der Waals surface area contributed by atoms with Gasteiger partial charge in [0.2, 0.25) is 0 Å². The molecule has 0 aromatic carbocycles. The predicted molar refractivity (Wildman–Crippen MR) is 77.3 cm³/mol. The van der Waals surface area contributed by atoms with Crippen molar-refractivity contribution in [1.29, 1.82) is 0 Å². The number of hydrogen-bond acceptors (Lipinski definition) is 4. The fraction of sp³-hybridized carbons (Fsp3) is 0.231. The van der Waals surface area contributed by atoms with Gasteiger partial charge in [-0.2, -0.15) is 11.3 Å². The summed E-state index contributed by atoms with van der Waals surface area (Å²) < 4.78 is 0. The molecule has 94 valence electrons. The number of aromatic nitrogens is 1. The van der Waals surface area contributed by atoms with Gasteiger partial charge in [-0.15, -0.1) is 11.3 Å². The lowest BCUT2D eigenvalue weighted by atomic mass is 10.3. The van der Waals surface area contributed by atoms with Crippen molar-refractivity contribution in [3.63, 3.8) is 0 Å². The summed E-state index contributed by atoms with van der Waals surface area (Å²) in [5.74, 6) is -0.0746. The summed E-state index contributed by atoms with van der Waals surface area (Å²) in [5.41, 5.74) is 2.79. The van der Waals surface area contributed by atoms with E-state index in [2.05, 4.69) is 16.9 Å². The summed E-state index contributed by atoms with van der Waals surface area (Å²) >= 11 is 3.06. The van der Waals surface area contributed by atoms with E-state index in [4.69, 9.17) is 0 Å². The van der Waals surface area contributed by atoms with Crippen molar-refractivity contribution in [2.24, 2.45) is 0 Å². The molecule has 0 bridgehead atoms. The van der Waals surface area contributed by atoms with Gasteiger partial charge in [0.1, 0.15) is 9.88 Å². The second-order valence-corrected chi connectivity index (χ2v) is 5.86. The Morgan fingerprint density at radius 1 is 1.56 bits per heavy atom. The maximum absolute atomic E-state index is 12.0. The molecule has 0 unspecified atom stereocenters. The zero-order valence-electron chi connectivity index (χ0n) is 10.3. The van der Waals surface area contributed by atoms with Gasteiger partial charge in [-0.3, -0.25) is 4.79 Å². The topological polar surface area (TPSA) is 42.0 Å². The number of amides is 1. The van der Waals surface area contributed by atoms with Crippen LogP contribution in [0.15, 0.2) is 29.0 Å². The van der Waals surface area contributed by atoms with Crippen molar-refractivity contribution in [2.75, 3.05) is 6.54 Å². The Morgan fingerprint density at radius 2 is 2.33 bits per heavy atom. The summed E-state index contributed by atoms with van der Waals surface area (Å²) in [5, 5.41) is 7.77. The second-order valence-electron chi connectivity index (χ2n) is 4.09. The molecule has 1 amide bonds. The molecule has 2 aromatic rings. The molecule has 0 fully saturated rings. The molecule has 5 heteroatoms. The van der Waals surface area contributed by atoms with Gasteiger partial charge in [-0.05, 0) is 25.3 Å². The largest absolute Gasteiger partial charge is 0.348 e. The summed E-state index contributed by atoms with van der Waals surface area (Å²) in [7, 11) is 0. The number of rotatable bonds is 4. The third-order valence-corrected chi connectivity index (χ3v) is 4.21. The molecule has 0 atom stereocenters. The molecule has 0 saturated carbocycles. The highest BCUT2D eigenvalue weighted by Crippen LogP contribution is 2.29. The Bertz CT molecular complexity index is 570. The van der Waals surface area contributed by atoms with Crippen LogP contribution < -0.4 is 5.32 Å². The van der Waals surface area contributed by atoms with Gasteiger partial charge < -0.3 is 5.32 Å². The molecule has 0 saturated heterocycles. The number of nitrogens with one attached hydrogen (secondary N) is 1. The SMILES string of the molecule is C=C(C)CNC(=O)c1sc(-c2ccsc2)nc1C. The van der Waals surface area contributed by atoms with E-state index in [0.717, 1.165) is 21.8 Å². The van der Waals surface area contributed by atoms with E-state index in [9.17, 15) is 4.79 Å². The molecule has 2 rings (SSSR count). The lowest BCUT2D eigenvalue weighted by molar-refractivity contribution is 0.0960. The van der Waals surface area contributed by atoms with E-state index in [1.54, 1.807) is 11.3 Å². The number of carbonyl (C=O) groups excluding carboxylic acids is 1. The molecule has 0 aliphatic heterocycles. The Balaban J connectivity index is 2.19. The van der Waals surface area contributed by atoms with Crippen LogP contribution in [-0.2, 0) is 0 Å². The van der Waals surface area contributed by atoms with Crippen molar-refractivity contribution in [2.45, 2.75) is 13.8 Å². The maximum atomic E-state index is 12.0. The average molecular weight is 278 g/mol. The van der Waals surface area contributed by atoms with Crippen molar-refractivity contribution in [1.82, 2.24) is 10.3 Å². The zero-order valence-corrected chi connectivity index (χ0v) is 12.0. The first-order valence-corrected chi connectivity index (χ1v) is 7.26. The molecule has 0 aliphatic carbocycles. The molecule has 0 radical (unpaired) electrons. The van der Waals surface area contributed by atoms with Gasteiger partial charge in [0.15, 0.2) is 0 Å². The minimum absolute atomic E-state index is 0.0746. The van der Waals surface area contributed by atoms with E-state index in [1.807, 2.05) is 30.7 Å². The van der Waals surface area contributed by atoms with Crippen LogP contribution in [0.3, 0.4) is 0 Å². The number of hydrogen-bond donors (Lipinski definition) is 1. The van der Waals surface area contributed by atoms with Crippen LogP contribution in [0.25, 0.3) is 10.6 Å². The van der Waals surface area contributed by atoms with Gasteiger partial charge >= 0.3 is 0 Å². The Hall–Kier alpha value is -1.46. The lowest BCUT2D eigenvalue weighted by Crippen LogP contribution is -2.24. The third kappa shape index (κ3) is 2.86. The second kappa shape index (κ2) is 5.46. The minimum atomic E-state index is -0.0746. The molecule has 2 heterocycles.